The molecule has 0 amide bonds. The van der Waals surface area contributed by atoms with Crippen molar-refractivity contribution >= 4 is 39.7 Å². The van der Waals surface area contributed by atoms with Crippen LogP contribution in [0.5, 0.6) is 5.75 Å². The van der Waals surface area contributed by atoms with Crippen molar-refractivity contribution in [2.45, 2.75) is 0 Å². The van der Waals surface area contributed by atoms with Gasteiger partial charge in [0.25, 0.3) is 0 Å². The molecule has 3 N–H and O–H groups in total. The van der Waals surface area contributed by atoms with E-state index in [-0.39, 0.29) is 0 Å². The van der Waals surface area contributed by atoms with Gasteiger partial charge < -0.3 is 15.8 Å². The molecule has 0 atom stereocenters. The van der Waals surface area contributed by atoms with E-state index in [0.29, 0.717) is 11.4 Å². The van der Waals surface area contributed by atoms with Gasteiger partial charge in [-0.3, -0.25) is 0 Å². The second-order valence-electron chi connectivity index (χ2n) is 3.59. The Morgan fingerprint density at radius 3 is 2.59 bits per heavy atom. The largest absolute Gasteiger partial charge is 0.495 e. The van der Waals surface area contributed by atoms with Crippen molar-refractivity contribution in [1.29, 1.82) is 0 Å². The second-order valence-corrected chi connectivity index (χ2v) is 4.84. The summed E-state index contributed by atoms with van der Waals surface area (Å²) in [5.41, 5.74) is 8.40. The van der Waals surface area contributed by atoms with Crippen LogP contribution in [0.1, 0.15) is 0 Å². The molecule has 0 heterocycles. The molecule has 4 heteroatoms. The summed E-state index contributed by atoms with van der Waals surface area (Å²) in [6.45, 7) is 0. The van der Waals surface area contributed by atoms with E-state index in [1.165, 1.54) is 3.57 Å². The topological polar surface area (TPSA) is 47.3 Å². The van der Waals surface area contributed by atoms with Crippen LogP contribution in [0, 0.1) is 3.57 Å². The molecule has 17 heavy (non-hydrogen) atoms. The maximum atomic E-state index is 5.76. The molecule has 0 aliphatic rings. The zero-order valence-corrected chi connectivity index (χ0v) is 11.6. The van der Waals surface area contributed by atoms with E-state index in [4.69, 9.17) is 10.5 Å². The third-order valence-corrected chi connectivity index (χ3v) is 3.02. The van der Waals surface area contributed by atoms with Crippen LogP contribution in [0.3, 0.4) is 0 Å². The van der Waals surface area contributed by atoms with Gasteiger partial charge in [-0.05, 0) is 52.9 Å². The molecule has 88 valence electrons. The Kier molecular flexibility index (Phi) is 3.73. The van der Waals surface area contributed by atoms with Crippen LogP contribution in [-0.2, 0) is 0 Å². The first-order valence-electron chi connectivity index (χ1n) is 5.15. The summed E-state index contributed by atoms with van der Waals surface area (Å²) in [6.07, 6.45) is 0. The average Bonchev–Trinajstić information content (AvgIpc) is 2.32. The number of ether oxygens (including phenoxy) is 1. The van der Waals surface area contributed by atoms with Gasteiger partial charge in [-0.15, -0.1) is 0 Å². The predicted molar refractivity (Wildman–Crippen MR) is 79.8 cm³/mol. The van der Waals surface area contributed by atoms with Crippen molar-refractivity contribution in [3.05, 3.63) is 46.0 Å². The molecule has 0 unspecified atom stereocenters. The molecule has 0 spiro atoms. The first kappa shape index (κ1) is 12.0. The smallest absolute Gasteiger partial charge is 0.143 e. The number of hydrogen-bond donors (Lipinski definition) is 2. The van der Waals surface area contributed by atoms with E-state index < -0.39 is 0 Å². The number of benzene rings is 2. The summed E-state index contributed by atoms with van der Waals surface area (Å²) in [5, 5.41) is 3.31. The minimum Gasteiger partial charge on any atom is -0.495 e. The van der Waals surface area contributed by atoms with Gasteiger partial charge in [0.1, 0.15) is 5.75 Å². The molecule has 2 aromatic carbocycles. The first-order chi connectivity index (χ1) is 8.19. The van der Waals surface area contributed by atoms with Crippen molar-refractivity contribution in [2.75, 3.05) is 18.2 Å². The number of rotatable bonds is 3. The Morgan fingerprint density at radius 1 is 1.12 bits per heavy atom. The Morgan fingerprint density at radius 2 is 1.88 bits per heavy atom. The monoisotopic (exact) mass is 340 g/mol. The van der Waals surface area contributed by atoms with Gasteiger partial charge in [-0.25, -0.2) is 0 Å². The van der Waals surface area contributed by atoms with E-state index in [1.54, 1.807) is 7.11 Å². The molecule has 0 radical (unpaired) electrons. The summed E-state index contributed by atoms with van der Waals surface area (Å²) >= 11 is 2.28. The summed E-state index contributed by atoms with van der Waals surface area (Å²) < 4.78 is 6.37. The third-order valence-electron chi connectivity index (χ3n) is 2.35. The van der Waals surface area contributed by atoms with Crippen LogP contribution in [0.2, 0.25) is 0 Å². The molecule has 0 aromatic heterocycles. The highest BCUT2D eigenvalue weighted by Crippen LogP contribution is 2.27. The normalized spacial score (nSPS) is 10.0. The molecular formula is C13H13IN2O. The summed E-state index contributed by atoms with van der Waals surface area (Å²) in [7, 11) is 1.61. The van der Waals surface area contributed by atoms with Gasteiger partial charge in [0.05, 0.1) is 12.8 Å². The Balaban J connectivity index is 2.24. The zero-order valence-electron chi connectivity index (χ0n) is 9.41. The standard InChI is InChI=1S/C13H13IN2O/c1-17-13-8-11(5-6-12(13)15)16-10-4-2-3-9(14)7-10/h2-8,16H,15H2,1H3. The number of nitrogens with one attached hydrogen (secondary N) is 1. The Labute approximate surface area is 114 Å². The van der Waals surface area contributed by atoms with Crippen LogP contribution in [0.4, 0.5) is 17.1 Å². The lowest BCUT2D eigenvalue weighted by molar-refractivity contribution is 0.417. The quantitative estimate of drug-likeness (QED) is 0.663. The molecular weight excluding hydrogens is 327 g/mol. The first-order valence-corrected chi connectivity index (χ1v) is 6.23. The van der Waals surface area contributed by atoms with E-state index >= 15 is 0 Å². The van der Waals surface area contributed by atoms with Crippen LogP contribution < -0.4 is 15.8 Å². The number of nitrogen functional groups attached to an aromatic ring is 1. The van der Waals surface area contributed by atoms with Gasteiger partial charge >= 0.3 is 0 Å². The highest BCUT2D eigenvalue weighted by Gasteiger charge is 2.01. The fraction of sp³-hybridized carbons (Fsp3) is 0.0769. The number of methoxy groups -OCH3 is 1. The number of halogens is 1. The number of anilines is 3. The van der Waals surface area contributed by atoms with Crippen molar-refractivity contribution in [3.8, 4) is 5.75 Å². The van der Waals surface area contributed by atoms with Gasteiger partial charge in [-0.1, -0.05) is 6.07 Å². The van der Waals surface area contributed by atoms with E-state index in [2.05, 4.69) is 40.0 Å². The Hall–Kier alpha value is -1.43. The second kappa shape index (κ2) is 5.27. The lowest BCUT2D eigenvalue weighted by Gasteiger charge is -2.10. The maximum Gasteiger partial charge on any atom is 0.143 e. The zero-order chi connectivity index (χ0) is 12.3. The van der Waals surface area contributed by atoms with Crippen LogP contribution in [0.25, 0.3) is 0 Å². The highest BCUT2D eigenvalue weighted by atomic mass is 127. The third kappa shape index (κ3) is 3.03. The minimum absolute atomic E-state index is 0.640. The average molecular weight is 340 g/mol. The van der Waals surface area contributed by atoms with E-state index in [9.17, 15) is 0 Å². The fourth-order valence-electron chi connectivity index (χ4n) is 1.52. The molecule has 0 fully saturated rings. The van der Waals surface area contributed by atoms with Crippen molar-refractivity contribution in [1.82, 2.24) is 0 Å². The van der Waals surface area contributed by atoms with Crippen molar-refractivity contribution in [2.24, 2.45) is 0 Å². The van der Waals surface area contributed by atoms with E-state index in [1.807, 2.05) is 30.3 Å². The molecule has 0 saturated heterocycles. The summed E-state index contributed by atoms with van der Waals surface area (Å²) in [5.74, 6) is 0.681. The molecule has 2 rings (SSSR count). The number of hydrogen-bond acceptors (Lipinski definition) is 3. The minimum atomic E-state index is 0.640. The molecule has 0 aliphatic carbocycles. The van der Waals surface area contributed by atoms with Crippen molar-refractivity contribution < 1.29 is 4.74 Å². The van der Waals surface area contributed by atoms with Gasteiger partial charge in [0, 0.05) is 21.0 Å². The highest BCUT2D eigenvalue weighted by molar-refractivity contribution is 14.1. The van der Waals surface area contributed by atoms with Gasteiger partial charge in [0.2, 0.25) is 0 Å². The maximum absolute atomic E-state index is 5.76. The van der Waals surface area contributed by atoms with Crippen LogP contribution in [-0.4, -0.2) is 7.11 Å². The van der Waals surface area contributed by atoms with Crippen LogP contribution >= 0.6 is 22.6 Å². The van der Waals surface area contributed by atoms with Gasteiger partial charge in [0.15, 0.2) is 0 Å². The van der Waals surface area contributed by atoms with Gasteiger partial charge in [-0.2, -0.15) is 0 Å². The van der Waals surface area contributed by atoms with Crippen LogP contribution in [0.15, 0.2) is 42.5 Å². The summed E-state index contributed by atoms with van der Waals surface area (Å²) in [4.78, 5) is 0. The van der Waals surface area contributed by atoms with Crippen molar-refractivity contribution in [3.63, 3.8) is 0 Å². The molecule has 0 aliphatic heterocycles. The molecule has 2 aromatic rings. The Bertz CT molecular complexity index is 529. The lowest BCUT2D eigenvalue weighted by atomic mass is 10.2. The molecule has 0 bridgehead atoms. The summed E-state index contributed by atoms with van der Waals surface area (Å²) in [6, 6.07) is 13.8. The molecule has 3 nitrogen and oxygen atoms in total. The van der Waals surface area contributed by atoms with E-state index in [0.717, 1.165) is 11.4 Å². The molecule has 0 saturated carbocycles. The number of nitrogens with two attached hydrogens (primary N) is 1. The predicted octanol–water partition coefficient (Wildman–Crippen LogP) is 3.63. The fourth-order valence-corrected chi connectivity index (χ4v) is 2.06. The SMILES string of the molecule is COc1cc(Nc2cccc(I)c2)ccc1N. The lowest BCUT2D eigenvalue weighted by Crippen LogP contribution is -1.95.